The molecule has 0 fully saturated rings. The van der Waals surface area contributed by atoms with Crippen molar-refractivity contribution in [3.8, 4) is 0 Å². The average molecular weight is 473 g/mol. The lowest BCUT2D eigenvalue weighted by Crippen LogP contribution is -2.34. The van der Waals surface area contributed by atoms with E-state index in [4.69, 9.17) is 0 Å². The molecule has 0 atom stereocenters. The van der Waals surface area contributed by atoms with E-state index in [0.717, 1.165) is 26.2 Å². The molecule has 2 rings (SSSR count). The zero-order valence-corrected chi connectivity index (χ0v) is 23.5. The minimum Gasteiger partial charge on any atom is -0.276 e. The number of nitrogens with zero attached hydrogens (tertiary/aromatic N) is 2. The molecule has 0 saturated heterocycles. The summed E-state index contributed by atoms with van der Waals surface area (Å²) in [6, 6.07) is 22.1. The summed E-state index contributed by atoms with van der Waals surface area (Å²) in [5.41, 5.74) is 5.68. The lowest BCUT2D eigenvalue weighted by atomic mass is 10.2. The Balaban J connectivity index is 2.28. The number of rotatable bonds is 13. The van der Waals surface area contributed by atoms with Crippen LogP contribution >= 0.6 is 16.1 Å². The van der Waals surface area contributed by atoms with E-state index in [-0.39, 0.29) is 16.1 Å². The van der Waals surface area contributed by atoms with Crippen molar-refractivity contribution < 1.29 is 0 Å². The second-order valence-electron chi connectivity index (χ2n) is 9.88. The normalized spacial score (nSPS) is 12.6. The Morgan fingerprint density at radius 3 is 1.03 bits per heavy atom. The molecule has 0 aliphatic carbocycles. The average Bonchev–Trinajstić information content (AvgIpc) is 2.72. The van der Waals surface area contributed by atoms with Crippen molar-refractivity contribution in [1.29, 1.82) is 0 Å². The number of hydrogen-bond acceptors (Lipinski definition) is 2. The molecule has 0 amide bonds. The van der Waals surface area contributed by atoms with E-state index < -0.39 is 0 Å². The molecule has 0 radical (unpaired) electrons. The van der Waals surface area contributed by atoms with Crippen molar-refractivity contribution in [1.82, 2.24) is 9.34 Å². The summed E-state index contributed by atoms with van der Waals surface area (Å²) < 4.78 is 5.65. The fourth-order valence-electron chi connectivity index (χ4n) is 4.87. The van der Waals surface area contributed by atoms with Gasteiger partial charge in [0.15, 0.2) is 0 Å². The Kier molecular flexibility index (Phi) is 11.9. The third-order valence-corrected chi connectivity index (χ3v) is 12.0. The molecule has 0 bridgehead atoms. The monoisotopic (exact) mass is 472 g/mol. The molecule has 0 N–H and O–H groups in total. The van der Waals surface area contributed by atoms with Crippen LogP contribution in [0.25, 0.3) is 0 Å². The summed E-state index contributed by atoms with van der Waals surface area (Å²) in [6.07, 6.45) is 0. The Labute approximate surface area is 201 Å². The molecule has 4 heteroatoms. The highest BCUT2D eigenvalue weighted by molar-refractivity contribution is 7.57. The zero-order chi connectivity index (χ0) is 23.7. The maximum absolute atomic E-state index is 2.83. The van der Waals surface area contributed by atoms with Crippen LogP contribution in [0.5, 0.6) is 0 Å². The van der Waals surface area contributed by atoms with E-state index in [0.29, 0.717) is 22.6 Å². The predicted octanol–water partition coefficient (Wildman–Crippen LogP) is 8.42. The van der Waals surface area contributed by atoms with E-state index in [1.54, 1.807) is 0 Å². The minimum absolute atomic E-state index is 0.192. The van der Waals surface area contributed by atoms with Crippen LogP contribution in [0.2, 0.25) is 0 Å². The van der Waals surface area contributed by atoms with Gasteiger partial charge in [0.1, 0.15) is 0 Å². The van der Waals surface area contributed by atoms with Crippen LogP contribution in [0.4, 0.5) is 0 Å². The highest BCUT2D eigenvalue weighted by Crippen LogP contribution is 2.52. The first-order valence-corrected chi connectivity index (χ1v) is 15.2. The number of benzene rings is 2. The van der Waals surface area contributed by atoms with Crippen molar-refractivity contribution in [2.24, 2.45) is 0 Å². The maximum atomic E-state index is 2.83. The van der Waals surface area contributed by atoms with E-state index in [2.05, 4.69) is 125 Å². The molecule has 2 aromatic rings. The van der Waals surface area contributed by atoms with Gasteiger partial charge in [0.25, 0.3) is 0 Å². The highest BCUT2D eigenvalue weighted by atomic mass is 31.1. The smallest absolute Gasteiger partial charge is 0.0273 e. The van der Waals surface area contributed by atoms with Crippen LogP contribution in [0.15, 0.2) is 60.7 Å². The van der Waals surface area contributed by atoms with Gasteiger partial charge in [0, 0.05) is 26.2 Å². The topological polar surface area (TPSA) is 6.48 Å². The third kappa shape index (κ3) is 8.53. The first kappa shape index (κ1) is 27.5. The highest BCUT2D eigenvalue weighted by Gasteiger charge is 2.28. The fourth-order valence-corrected chi connectivity index (χ4v) is 11.2. The van der Waals surface area contributed by atoms with Gasteiger partial charge in [0.05, 0.1) is 0 Å². The van der Waals surface area contributed by atoms with Gasteiger partial charge in [-0.1, -0.05) is 116 Å². The standard InChI is InChI=1S/C28H46N2P2/c1-23(2)31(24(3)4)29(21-27-15-11-9-12-16-27)19-20-30(32(25(5)6)26(7)8)22-28-17-13-10-14-18-28/h9-18,23-26H,19-22H2,1-8H3. The predicted molar refractivity (Wildman–Crippen MR) is 148 cm³/mol. The minimum atomic E-state index is -0.192. The zero-order valence-electron chi connectivity index (χ0n) is 21.7. The molecule has 2 aromatic carbocycles. The Hall–Kier alpha value is -0.780. The van der Waals surface area contributed by atoms with E-state index >= 15 is 0 Å². The summed E-state index contributed by atoms with van der Waals surface area (Å²) in [7, 11) is -0.383. The summed E-state index contributed by atoms with van der Waals surface area (Å²) >= 11 is 0. The second kappa shape index (κ2) is 13.8. The molecule has 0 aliphatic heterocycles. The summed E-state index contributed by atoms with van der Waals surface area (Å²) in [5.74, 6) is 0. The molecular formula is C28H46N2P2. The molecule has 0 spiro atoms. The summed E-state index contributed by atoms with van der Waals surface area (Å²) in [5, 5.41) is 0. The van der Waals surface area contributed by atoms with Crippen molar-refractivity contribution >= 4 is 16.1 Å². The first-order chi connectivity index (χ1) is 15.2. The van der Waals surface area contributed by atoms with Crippen LogP contribution in [0.3, 0.4) is 0 Å². The SMILES string of the molecule is CC(C)P(C(C)C)N(CCN(Cc1ccccc1)P(C(C)C)C(C)C)Cc1ccccc1. The van der Waals surface area contributed by atoms with E-state index in [1.165, 1.54) is 11.1 Å². The molecule has 2 nitrogen and oxygen atoms in total. The molecular weight excluding hydrogens is 426 g/mol. The van der Waals surface area contributed by atoms with Crippen molar-refractivity contribution in [2.45, 2.75) is 91.1 Å². The van der Waals surface area contributed by atoms with Crippen molar-refractivity contribution in [3.63, 3.8) is 0 Å². The van der Waals surface area contributed by atoms with Gasteiger partial charge < -0.3 is 0 Å². The van der Waals surface area contributed by atoms with Crippen LogP contribution in [0.1, 0.15) is 66.5 Å². The van der Waals surface area contributed by atoms with Gasteiger partial charge >= 0.3 is 0 Å². The van der Waals surface area contributed by atoms with Gasteiger partial charge in [-0.15, -0.1) is 0 Å². The lowest BCUT2D eigenvalue weighted by molar-refractivity contribution is 0.359. The Morgan fingerprint density at radius 2 is 0.781 bits per heavy atom. The van der Waals surface area contributed by atoms with Gasteiger partial charge in [-0.2, -0.15) is 0 Å². The van der Waals surface area contributed by atoms with Gasteiger partial charge in [0.2, 0.25) is 0 Å². The molecule has 0 aromatic heterocycles. The molecule has 32 heavy (non-hydrogen) atoms. The van der Waals surface area contributed by atoms with Crippen LogP contribution in [-0.4, -0.2) is 45.1 Å². The quantitative estimate of drug-likeness (QED) is 0.270. The summed E-state index contributed by atoms with van der Waals surface area (Å²) in [6.45, 7) is 23.7. The number of hydrogen-bond donors (Lipinski definition) is 0. The summed E-state index contributed by atoms with van der Waals surface area (Å²) in [4.78, 5) is 0. The van der Waals surface area contributed by atoms with E-state index in [9.17, 15) is 0 Å². The van der Waals surface area contributed by atoms with Crippen molar-refractivity contribution in [3.05, 3.63) is 71.8 Å². The lowest BCUT2D eigenvalue weighted by Gasteiger charge is -2.42. The fraction of sp³-hybridized carbons (Fsp3) is 0.571. The van der Waals surface area contributed by atoms with Gasteiger partial charge in [-0.3, -0.25) is 9.34 Å². The van der Waals surface area contributed by atoms with Crippen molar-refractivity contribution in [2.75, 3.05) is 13.1 Å². The second-order valence-corrected chi connectivity index (χ2v) is 16.7. The van der Waals surface area contributed by atoms with E-state index in [1.807, 2.05) is 0 Å². The largest absolute Gasteiger partial charge is 0.276 e. The Bertz CT molecular complexity index is 665. The molecule has 178 valence electrons. The van der Waals surface area contributed by atoms with Crippen LogP contribution in [-0.2, 0) is 13.1 Å². The molecule has 0 saturated carbocycles. The Morgan fingerprint density at radius 1 is 0.500 bits per heavy atom. The van der Waals surface area contributed by atoms with Crippen LogP contribution in [0, 0.1) is 0 Å². The van der Waals surface area contributed by atoms with Gasteiger partial charge in [-0.05, 0) is 49.9 Å². The van der Waals surface area contributed by atoms with Crippen LogP contribution < -0.4 is 0 Å². The molecule has 0 heterocycles. The molecule has 0 unspecified atom stereocenters. The first-order valence-electron chi connectivity index (χ1n) is 12.3. The maximum Gasteiger partial charge on any atom is 0.0273 e. The van der Waals surface area contributed by atoms with Gasteiger partial charge in [-0.25, -0.2) is 0 Å². The molecule has 0 aliphatic rings. The third-order valence-electron chi connectivity index (χ3n) is 5.80.